The van der Waals surface area contributed by atoms with E-state index < -0.39 is 0 Å². The standard InChI is InChI=1S/C5H13Si/c1-4-6-5(2)3/h5-6H,4H2,1-3H3. The maximum atomic E-state index is 2.29. The lowest BCUT2D eigenvalue weighted by Gasteiger charge is -1.94. The van der Waals surface area contributed by atoms with Crippen molar-refractivity contribution in [2.24, 2.45) is 0 Å². The molecule has 0 aliphatic carbocycles. The van der Waals surface area contributed by atoms with Crippen LogP contribution in [0.5, 0.6) is 0 Å². The van der Waals surface area contributed by atoms with Gasteiger partial charge in [-0.25, -0.2) is 0 Å². The number of hydrogen-bond donors (Lipinski definition) is 0. The Hall–Kier alpha value is 0.217. The Balaban J connectivity index is 2.63. The third-order valence-corrected chi connectivity index (χ3v) is 2.12. The van der Waals surface area contributed by atoms with Gasteiger partial charge < -0.3 is 0 Å². The second kappa shape index (κ2) is 3.41. The highest BCUT2D eigenvalue weighted by Crippen LogP contribution is 1.97. The smallest absolute Gasteiger partial charge is 0.0305 e. The maximum Gasteiger partial charge on any atom is 0.0305 e. The van der Waals surface area contributed by atoms with Gasteiger partial charge in [0.2, 0.25) is 0 Å². The molecule has 0 aromatic carbocycles. The fourth-order valence-electron chi connectivity index (χ4n) is 0.471. The van der Waals surface area contributed by atoms with Crippen molar-refractivity contribution in [3.05, 3.63) is 0 Å². The van der Waals surface area contributed by atoms with Crippen molar-refractivity contribution < 1.29 is 0 Å². The Morgan fingerprint density at radius 3 is 2.00 bits per heavy atom. The summed E-state index contributed by atoms with van der Waals surface area (Å²) in [6.07, 6.45) is 0. The SMILES string of the molecule is CC[SiH]C(C)C. The Morgan fingerprint density at radius 1 is 1.50 bits per heavy atom. The first-order chi connectivity index (χ1) is 2.77. The molecule has 0 atom stereocenters. The average Bonchev–Trinajstić information content (AvgIpc) is 1.35. The van der Waals surface area contributed by atoms with Gasteiger partial charge in [-0.1, -0.05) is 32.4 Å². The summed E-state index contributed by atoms with van der Waals surface area (Å²) in [6, 6.07) is 1.41. The van der Waals surface area contributed by atoms with Crippen molar-refractivity contribution in [2.45, 2.75) is 32.4 Å². The van der Waals surface area contributed by atoms with Crippen LogP contribution in [0.3, 0.4) is 0 Å². The molecule has 1 radical (unpaired) electrons. The molecule has 0 saturated heterocycles. The maximum absolute atomic E-state index is 2.29. The molecule has 0 N–H and O–H groups in total. The second-order valence-corrected chi connectivity index (χ2v) is 4.51. The van der Waals surface area contributed by atoms with Crippen LogP contribution in [0.4, 0.5) is 0 Å². The van der Waals surface area contributed by atoms with E-state index in [1.54, 1.807) is 0 Å². The monoisotopic (exact) mass is 101 g/mol. The number of rotatable bonds is 2. The van der Waals surface area contributed by atoms with E-state index in [0.29, 0.717) is 0 Å². The van der Waals surface area contributed by atoms with Crippen LogP contribution in [-0.4, -0.2) is 9.52 Å². The molecule has 0 aliphatic rings. The molecule has 0 aromatic heterocycles. The van der Waals surface area contributed by atoms with Crippen molar-refractivity contribution in [2.75, 3.05) is 0 Å². The number of hydrogen-bond acceptors (Lipinski definition) is 0. The van der Waals surface area contributed by atoms with Crippen LogP contribution in [0.1, 0.15) is 20.8 Å². The van der Waals surface area contributed by atoms with Crippen LogP contribution in [0.2, 0.25) is 11.6 Å². The molecule has 1 heteroatoms. The normalized spacial score (nSPS) is 10.0. The summed E-state index contributed by atoms with van der Waals surface area (Å²) in [5, 5.41) is 0. The van der Waals surface area contributed by atoms with Crippen LogP contribution >= 0.6 is 0 Å². The van der Waals surface area contributed by atoms with Gasteiger partial charge in [-0.3, -0.25) is 0 Å². The molecule has 0 heterocycles. The van der Waals surface area contributed by atoms with Gasteiger partial charge in [0.1, 0.15) is 0 Å². The van der Waals surface area contributed by atoms with E-state index in [-0.39, 0.29) is 0 Å². The molecule has 0 aromatic rings. The molecule has 0 nitrogen and oxygen atoms in total. The van der Waals surface area contributed by atoms with Crippen molar-refractivity contribution in [3.63, 3.8) is 0 Å². The van der Waals surface area contributed by atoms with Crippen LogP contribution in [0, 0.1) is 0 Å². The molecule has 0 unspecified atom stereocenters. The minimum Gasteiger partial charge on any atom is -0.0682 e. The van der Waals surface area contributed by atoms with Crippen molar-refractivity contribution in [1.82, 2.24) is 0 Å². The molecule has 0 saturated carbocycles. The van der Waals surface area contributed by atoms with Gasteiger partial charge >= 0.3 is 0 Å². The summed E-state index contributed by atoms with van der Waals surface area (Å²) >= 11 is 0. The van der Waals surface area contributed by atoms with Crippen molar-refractivity contribution in [3.8, 4) is 0 Å². The quantitative estimate of drug-likeness (QED) is 0.464. The summed E-state index contributed by atoms with van der Waals surface area (Å²) in [4.78, 5) is 0. The molecule has 6 heavy (non-hydrogen) atoms. The predicted octanol–water partition coefficient (Wildman–Crippen LogP) is 1.69. The zero-order valence-corrected chi connectivity index (χ0v) is 6.02. The van der Waals surface area contributed by atoms with E-state index in [4.69, 9.17) is 0 Å². The molecule has 0 fully saturated rings. The van der Waals surface area contributed by atoms with Crippen LogP contribution in [0.25, 0.3) is 0 Å². The minimum atomic E-state index is 0.764. The first-order valence-corrected chi connectivity index (χ1v) is 4.09. The minimum absolute atomic E-state index is 0.764. The molecule has 0 rings (SSSR count). The summed E-state index contributed by atoms with van der Waals surface area (Å²) in [5.74, 6) is 0. The zero-order valence-electron chi connectivity index (χ0n) is 4.86. The van der Waals surface area contributed by atoms with Crippen molar-refractivity contribution in [1.29, 1.82) is 0 Å². The third kappa shape index (κ3) is 4.22. The van der Waals surface area contributed by atoms with Gasteiger partial charge in [-0.2, -0.15) is 0 Å². The van der Waals surface area contributed by atoms with Crippen LogP contribution in [0.15, 0.2) is 0 Å². The van der Waals surface area contributed by atoms with E-state index in [9.17, 15) is 0 Å². The van der Waals surface area contributed by atoms with Gasteiger partial charge in [-0.15, -0.1) is 0 Å². The van der Waals surface area contributed by atoms with E-state index in [1.807, 2.05) is 0 Å². The molecule has 0 bridgehead atoms. The largest absolute Gasteiger partial charge is 0.0682 e. The Morgan fingerprint density at radius 2 is 2.00 bits per heavy atom. The van der Waals surface area contributed by atoms with Gasteiger partial charge in [0.25, 0.3) is 0 Å². The molecule has 37 valence electrons. The van der Waals surface area contributed by atoms with Gasteiger partial charge in [0, 0.05) is 9.52 Å². The lowest BCUT2D eigenvalue weighted by molar-refractivity contribution is 1.05. The van der Waals surface area contributed by atoms with Crippen molar-refractivity contribution >= 4 is 9.52 Å². The summed E-state index contributed by atoms with van der Waals surface area (Å²) in [7, 11) is 0.764. The molecule has 0 spiro atoms. The highest BCUT2D eigenvalue weighted by atomic mass is 28.2. The molecule has 0 aliphatic heterocycles. The lowest BCUT2D eigenvalue weighted by Crippen LogP contribution is -1.89. The third-order valence-electron chi connectivity index (χ3n) is 0.707. The van der Waals surface area contributed by atoms with E-state index in [2.05, 4.69) is 20.8 Å². The van der Waals surface area contributed by atoms with Crippen LogP contribution < -0.4 is 0 Å². The topological polar surface area (TPSA) is 0 Å². The highest BCUT2D eigenvalue weighted by molar-refractivity contribution is 6.36. The average molecular weight is 101 g/mol. The van der Waals surface area contributed by atoms with E-state index in [0.717, 1.165) is 15.1 Å². The zero-order chi connectivity index (χ0) is 4.99. The van der Waals surface area contributed by atoms with Gasteiger partial charge in [-0.05, 0) is 0 Å². The highest BCUT2D eigenvalue weighted by Gasteiger charge is 1.87. The molecule has 0 amide bonds. The second-order valence-electron chi connectivity index (χ2n) is 1.89. The van der Waals surface area contributed by atoms with Gasteiger partial charge in [0.15, 0.2) is 0 Å². The summed E-state index contributed by atoms with van der Waals surface area (Å²) < 4.78 is 0. The Labute approximate surface area is 42.8 Å². The summed E-state index contributed by atoms with van der Waals surface area (Å²) in [5.41, 5.74) is 0.981. The predicted molar refractivity (Wildman–Crippen MR) is 32.7 cm³/mol. The first-order valence-electron chi connectivity index (χ1n) is 2.60. The fraction of sp³-hybridized carbons (Fsp3) is 1.00. The van der Waals surface area contributed by atoms with E-state index >= 15 is 0 Å². The molecular formula is C5H13Si. The lowest BCUT2D eigenvalue weighted by atomic mass is 10.6. The van der Waals surface area contributed by atoms with Gasteiger partial charge in [0.05, 0.1) is 0 Å². The Bertz CT molecular complexity index is 25.1. The van der Waals surface area contributed by atoms with E-state index in [1.165, 1.54) is 6.04 Å². The van der Waals surface area contributed by atoms with Crippen LogP contribution in [-0.2, 0) is 0 Å². The summed E-state index contributed by atoms with van der Waals surface area (Å²) in [6.45, 7) is 6.84. The first kappa shape index (κ1) is 6.22. The fourth-order valence-corrected chi connectivity index (χ4v) is 1.41. The Kier molecular flexibility index (Phi) is 3.53. The molecular weight excluding hydrogens is 88.1 g/mol.